The third kappa shape index (κ3) is 1.31. The summed E-state index contributed by atoms with van der Waals surface area (Å²) in [6.07, 6.45) is 1.73. The molecule has 2 aromatic rings. The second-order valence-electron chi connectivity index (χ2n) is 4.10. The van der Waals surface area contributed by atoms with E-state index in [1.807, 2.05) is 20.0 Å². The van der Waals surface area contributed by atoms with Gasteiger partial charge in [0.1, 0.15) is 6.26 Å². The largest absolute Gasteiger partial charge is 0.434 e. The van der Waals surface area contributed by atoms with Gasteiger partial charge in [-0.25, -0.2) is 0 Å². The van der Waals surface area contributed by atoms with E-state index in [-0.39, 0.29) is 0 Å². The molecular formula is C11H11BrN2O2. The lowest BCUT2D eigenvalue weighted by atomic mass is 9.96. The van der Waals surface area contributed by atoms with Gasteiger partial charge in [-0.05, 0) is 28.9 Å². The van der Waals surface area contributed by atoms with Gasteiger partial charge in [0.05, 0.1) is 5.69 Å². The van der Waals surface area contributed by atoms with Crippen LogP contribution < -0.4 is 4.90 Å². The number of nitrogens with zero attached hydrogens (tertiary/aromatic N) is 2. The molecule has 0 fully saturated rings. The summed E-state index contributed by atoms with van der Waals surface area (Å²) in [7, 11) is 2.03. The van der Waals surface area contributed by atoms with Crippen LogP contribution in [0.5, 0.6) is 0 Å². The number of likely N-dealkylation sites (N-methyl/N-ethyl adjacent to an activating group) is 1. The predicted molar refractivity (Wildman–Crippen MR) is 62.8 cm³/mol. The van der Waals surface area contributed by atoms with Crippen molar-refractivity contribution in [3.05, 3.63) is 33.8 Å². The van der Waals surface area contributed by atoms with Crippen molar-refractivity contribution in [1.29, 1.82) is 0 Å². The maximum Gasteiger partial charge on any atom is 0.200 e. The molecule has 0 aliphatic carbocycles. The van der Waals surface area contributed by atoms with Gasteiger partial charge in [0.2, 0.25) is 5.88 Å². The Kier molecular flexibility index (Phi) is 2.10. The van der Waals surface area contributed by atoms with Crippen molar-refractivity contribution in [1.82, 2.24) is 5.16 Å². The highest BCUT2D eigenvalue weighted by Gasteiger charge is 2.33. The Bertz CT molecular complexity index is 532. The Morgan fingerprint density at radius 2 is 2.31 bits per heavy atom. The first-order valence-corrected chi connectivity index (χ1v) is 5.87. The summed E-state index contributed by atoms with van der Waals surface area (Å²) in [5, 5.41) is 3.93. The Morgan fingerprint density at radius 1 is 1.50 bits per heavy atom. The van der Waals surface area contributed by atoms with Crippen LogP contribution in [0.1, 0.15) is 22.7 Å². The standard InChI is InChI=1S/C11H11BrN2O2/c1-6-9(5-15-13-6)8-4-14(2)11-7(8)3-10(12)16-11/h3,5,8H,4H2,1-2H3. The van der Waals surface area contributed by atoms with Gasteiger partial charge >= 0.3 is 0 Å². The van der Waals surface area contributed by atoms with Crippen molar-refractivity contribution in [2.45, 2.75) is 12.8 Å². The Hall–Kier alpha value is -1.23. The van der Waals surface area contributed by atoms with Crippen molar-refractivity contribution >= 4 is 21.8 Å². The molecule has 5 heteroatoms. The molecule has 1 atom stereocenters. The molecule has 3 rings (SSSR count). The number of hydrogen-bond acceptors (Lipinski definition) is 4. The molecule has 0 aromatic carbocycles. The van der Waals surface area contributed by atoms with E-state index in [2.05, 4.69) is 26.0 Å². The lowest BCUT2D eigenvalue weighted by molar-refractivity contribution is 0.414. The van der Waals surface area contributed by atoms with Crippen LogP contribution in [-0.4, -0.2) is 18.7 Å². The van der Waals surface area contributed by atoms with Crippen LogP contribution in [0.2, 0.25) is 0 Å². The summed E-state index contributed by atoms with van der Waals surface area (Å²) in [6.45, 7) is 2.87. The molecule has 0 amide bonds. The van der Waals surface area contributed by atoms with Gasteiger partial charge in [-0.3, -0.25) is 0 Å². The second-order valence-corrected chi connectivity index (χ2v) is 4.88. The van der Waals surface area contributed by atoms with Gasteiger partial charge in [0.25, 0.3) is 0 Å². The van der Waals surface area contributed by atoms with Gasteiger partial charge in [0, 0.05) is 30.6 Å². The van der Waals surface area contributed by atoms with E-state index in [9.17, 15) is 0 Å². The highest BCUT2D eigenvalue weighted by atomic mass is 79.9. The highest BCUT2D eigenvalue weighted by molar-refractivity contribution is 9.10. The first-order chi connectivity index (χ1) is 7.66. The van der Waals surface area contributed by atoms with E-state index < -0.39 is 0 Å². The summed E-state index contributed by atoms with van der Waals surface area (Å²) in [5.41, 5.74) is 3.28. The summed E-state index contributed by atoms with van der Waals surface area (Å²) in [6, 6.07) is 2.02. The lowest BCUT2D eigenvalue weighted by Gasteiger charge is -2.11. The van der Waals surface area contributed by atoms with E-state index >= 15 is 0 Å². The molecule has 84 valence electrons. The zero-order valence-corrected chi connectivity index (χ0v) is 10.6. The van der Waals surface area contributed by atoms with Gasteiger partial charge in [-0.2, -0.15) is 0 Å². The lowest BCUT2D eigenvalue weighted by Crippen LogP contribution is -2.16. The minimum absolute atomic E-state index is 0.293. The van der Waals surface area contributed by atoms with Crippen LogP contribution in [0.4, 0.5) is 5.88 Å². The van der Waals surface area contributed by atoms with Crippen molar-refractivity contribution in [3.8, 4) is 0 Å². The zero-order chi connectivity index (χ0) is 11.3. The maximum atomic E-state index is 5.60. The second kappa shape index (κ2) is 3.38. The average Bonchev–Trinajstić information content (AvgIpc) is 2.86. The summed E-state index contributed by atoms with van der Waals surface area (Å²) in [4.78, 5) is 2.11. The van der Waals surface area contributed by atoms with Crippen molar-refractivity contribution in [2.75, 3.05) is 18.5 Å². The molecule has 0 bridgehead atoms. The van der Waals surface area contributed by atoms with E-state index in [1.165, 1.54) is 5.56 Å². The van der Waals surface area contributed by atoms with Crippen LogP contribution in [0.15, 0.2) is 25.9 Å². The SMILES string of the molecule is Cc1nocc1C1CN(C)c2oc(Br)cc21. The van der Waals surface area contributed by atoms with E-state index in [4.69, 9.17) is 8.94 Å². The minimum Gasteiger partial charge on any atom is -0.434 e. The summed E-state index contributed by atoms with van der Waals surface area (Å²) in [5.74, 6) is 1.22. The van der Waals surface area contributed by atoms with E-state index in [0.29, 0.717) is 5.92 Å². The number of anilines is 1. The Labute approximate surface area is 101 Å². The van der Waals surface area contributed by atoms with Crippen LogP contribution in [0.3, 0.4) is 0 Å². The zero-order valence-electron chi connectivity index (χ0n) is 9.03. The number of aryl methyl sites for hydroxylation is 1. The molecule has 0 N–H and O–H groups in total. The third-order valence-electron chi connectivity index (χ3n) is 3.05. The van der Waals surface area contributed by atoms with Crippen LogP contribution in [0.25, 0.3) is 0 Å². The smallest absolute Gasteiger partial charge is 0.200 e. The normalized spacial score (nSPS) is 19.2. The first-order valence-electron chi connectivity index (χ1n) is 5.08. The monoisotopic (exact) mass is 282 g/mol. The molecule has 0 spiro atoms. The molecule has 1 aliphatic heterocycles. The van der Waals surface area contributed by atoms with Gasteiger partial charge < -0.3 is 13.8 Å². The topological polar surface area (TPSA) is 42.4 Å². The fourth-order valence-corrected chi connectivity index (χ4v) is 2.67. The number of fused-ring (bicyclic) bond motifs is 1. The first kappa shape index (κ1) is 9.96. The fraction of sp³-hybridized carbons (Fsp3) is 0.364. The molecule has 1 aliphatic rings. The maximum absolute atomic E-state index is 5.60. The Morgan fingerprint density at radius 3 is 3.00 bits per heavy atom. The molecule has 2 aromatic heterocycles. The fourth-order valence-electron chi connectivity index (χ4n) is 2.27. The minimum atomic E-state index is 0.293. The van der Waals surface area contributed by atoms with E-state index in [1.54, 1.807) is 6.26 Å². The predicted octanol–water partition coefficient (Wildman–Crippen LogP) is 2.92. The van der Waals surface area contributed by atoms with Crippen LogP contribution in [-0.2, 0) is 0 Å². The van der Waals surface area contributed by atoms with E-state index in [0.717, 1.165) is 28.4 Å². The molecule has 4 nitrogen and oxygen atoms in total. The number of furan rings is 1. The number of aromatic nitrogens is 1. The molecule has 0 radical (unpaired) electrons. The Balaban J connectivity index is 2.09. The molecule has 1 unspecified atom stereocenters. The van der Waals surface area contributed by atoms with Crippen molar-refractivity contribution in [2.24, 2.45) is 0 Å². The van der Waals surface area contributed by atoms with Gasteiger partial charge in [0.15, 0.2) is 4.67 Å². The number of rotatable bonds is 1. The molecule has 0 saturated heterocycles. The number of halogens is 1. The van der Waals surface area contributed by atoms with Gasteiger partial charge in [-0.15, -0.1) is 0 Å². The highest BCUT2D eigenvalue weighted by Crippen LogP contribution is 2.43. The quantitative estimate of drug-likeness (QED) is 0.807. The average molecular weight is 283 g/mol. The molecular weight excluding hydrogens is 272 g/mol. The van der Waals surface area contributed by atoms with Crippen molar-refractivity contribution in [3.63, 3.8) is 0 Å². The van der Waals surface area contributed by atoms with Crippen LogP contribution >= 0.6 is 15.9 Å². The molecule has 3 heterocycles. The summed E-state index contributed by atoms with van der Waals surface area (Å²) >= 11 is 3.36. The molecule has 0 saturated carbocycles. The third-order valence-corrected chi connectivity index (χ3v) is 3.44. The summed E-state index contributed by atoms with van der Waals surface area (Å²) < 4.78 is 11.4. The van der Waals surface area contributed by atoms with Gasteiger partial charge in [-0.1, -0.05) is 5.16 Å². The van der Waals surface area contributed by atoms with Crippen LogP contribution in [0, 0.1) is 6.92 Å². The number of hydrogen-bond donors (Lipinski definition) is 0. The molecule has 16 heavy (non-hydrogen) atoms. The van der Waals surface area contributed by atoms with Crippen molar-refractivity contribution < 1.29 is 8.94 Å².